The van der Waals surface area contributed by atoms with Gasteiger partial charge >= 0.3 is 0 Å². The van der Waals surface area contributed by atoms with Crippen molar-refractivity contribution in [3.8, 4) is 0 Å². The summed E-state index contributed by atoms with van der Waals surface area (Å²) in [4.78, 5) is 16.1. The fourth-order valence-corrected chi connectivity index (χ4v) is 2.18. The Morgan fingerprint density at radius 1 is 1.36 bits per heavy atom. The van der Waals surface area contributed by atoms with Crippen LogP contribution in [0.4, 0.5) is 4.39 Å². The van der Waals surface area contributed by atoms with E-state index in [1.165, 1.54) is 12.1 Å². The van der Waals surface area contributed by atoms with Gasteiger partial charge in [-0.15, -0.1) is 0 Å². The highest BCUT2D eigenvalue weighted by Gasteiger charge is 2.15. The highest BCUT2D eigenvalue weighted by Crippen LogP contribution is 2.14. The number of carbonyl (C=O) groups is 1. The lowest BCUT2D eigenvalue weighted by Gasteiger charge is -2.15. The SMILES string of the molecule is O=C(NCC(CO)Cc1ccccn1)c1ccc(Cl)cc1F. The molecule has 0 aliphatic carbocycles. The Kier molecular flexibility index (Phi) is 5.86. The Labute approximate surface area is 133 Å². The smallest absolute Gasteiger partial charge is 0.254 e. The maximum atomic E-state index is 13.6. The average molecular weight is 323 g/mol. The van der Waals surface area contributed by atoms with Gasteiger partial charge in [-0.05, 0) is 36.8 Å². The molecule has 0 saturated carbocycles. The summed E-state index contributed by atoms with van der Waals surface area (Å²) in [5.41, 5.74) is 0.757. The molecular weight excluding hydrogens is 307 g/mol. The molecule has 2 rings (SSSR count). The molecule has 2 N–H and O–H groups in total. The number of hydrogen-bond donors (Lipinski definition) is 2. The lowest BCUT2D eigenvalue weighted by atomic mass is 10.0. The van der Waals surface area contributed by atoms with Crippen molar-refractivity contribution >= 4 is 17.5 Å². The molecule has 0 radical (unpaired) electrons. The summed E-state index contributed by atoms with van der Waals surface area (Å²) < 4.78 is 13.6. The molecular formula is C16H16ClFN2O2. The Morgan fingerprint density at radius 2 is 2.18 bits per heavy atom. The van der Waals surface area contributed by atoms with Crippen molar-refractivity contribution in [3.63, 3.8) is 0 Å². The third-order valence-electron chi connectivity index (χ3n) is 3.21. The van der Waals surface area contributed by atoms with Gasteiger partial charge in [0, 0.05) is 36.0 Å². The van der Waals surface area contributed by atoms with Crippen LogP contribution in [0, 0.1) is 11.7 Å². The van der Waals surface area contributed by atoms with Crippen molar-refractivity contribution in [2.75, 3.05) is 13.2 Å². The zero-order valence-corrected chi connectivity index (χ0v) is 12.6. The normalized spacial score (nSPS) is 12.0. The topological polar surface area (TPSA) is 62.2 Å². The van der Waals surface area contributed by atoms with Crippen LogP contribution >= 0.6 is 11.6 Å². The summed E-state index contributed by atoms with van der Waals surface area (Å²) in [5, 5.41) is 12.2. The molecule has 116 valence electrons. The van der Waals surface area contributed by atoms with Crippen molar-refractivity contribution in [2.24, 2.45) is 5.92 Å². The quantitative estimate of drug-likeness (QED) is 0.858. The van der Waals surface area contributed by atoms with Gasteiger partial charge in [0.15, 0.2) is 0 Å². The first-order chi connectivity index (χ1) is 10.6. The van der Waals surface area contributed by atoms with Gasteiger partial charge in [-0.3, -0.25) is 9.78 Å². The Hall–Kier alpha value is -1.98. The van der Waals surface area contributed by atoms with Crippen LogP contribution in [-0.4, -0.2) is 29.1 Å². The molecule has 4 nitrogen and oxygen atoms in total. The molecule has 1 amide bonds. The van der Waals surface area contributed by atoms with Gasteiger partial charge in [0.25, 0.3) is 5.91 Å². The predicted octanol–water partition coefficient (Wildman–Crippen LogP) is 2.46. The molecule has 2 aromatic rings. The molecule has 0 bridgehead atoms. The number of aliphatic hydroxyl groups is 1. The van der Waals surface area contributed by atoms with Crippen LogP contribution in [0.3, 0.4) is 0 Å². The van der Waals surface area contributed by atoms with Gasteiger partial charge in [0.05, 0.1) is 5.56 Å². The summed E-state index contributed by atoms with van der Waals surface area (Å²) in [7, 11) is 0. The van der Waals surface area contributed by atoms with Gasteiger partial charge in [-0.2, -0.15) is 0 Å². The molecule has 0 aliphatic heterocycles. The number of benzene rings is 1. The average Bonchev–Trinajstić information content (AvgIpc) is 2.52. The van der Waals surface area contributed by atoms with Crippen LogP contribution < -0.4 is 5.32 Å². The summed E-state index contributed by atoms with van der Waals surface area (Å²) in [6.07, 6.45) is 2.20. The first kappa shape index (κ1) is 16.4. The van der Waals surface area contributed by atoms with Crippen LogP contribution in [0.15, 0.2) is 42.6 Å². The van der Waals surface area contributed by atoms with Crippen LogP contribution in [0.1, 0.15) is 16.1 Å². The molecule has 22 heavy (non-hydrogen) atoms. The molecule has 0 aliphatic rings. The second-order valence-electron chi connectivity index (χ2n) is 4.91. The number of aliphatic hydroxyl groups excluding tert-OH is 1. The van der Waals surface area contributed by atoms with Crippen molar-refractivity contribution in [2.45, 2.75) is 6.42 Å². The number of amides is 1. The molecule has 1 aromatic heterocycles. The van der Waals surface area contributed by atoms with Crippen molar-refractivity contribution in [3.05, 3.63) is 64.7 Å². The first-order valence-corrected chi connectivity index (χ1v) is 7.22. The lowest BCUT2D eigenvalue weighted by molar-refractivity contribution is 0.0936. The second-order valence-corrected chi connectivity index (χ2v) is 5.34. The zero-order chi connectivity index (χ0) is 15.9. The van der Waals surface area contributed by atoms with Crippen LogP contribution in [-0.2, 0) is 6.42 Å². The third kappa shape index (κ3) is 4.51. The highest BCUT2D eigenvalue weighted by molar-refractivity contribution is 6.30. The number of aromatic nitrogens is 1. The van der Waals surface area contributed by atoms with E-state index in [4.69, 9.17) is 11.6 Å². The minimum Gasteiger partial charge on any atom is -0.396 e. The fourth-order valence-electron chi connectivity index (χ4n) is 2.02. The minimum absolute atomic E-state index is 0.0704. The van der Waals surface area contributed by atoms with Gasteiger partial charge < -0.3 is 10.4 Å². The van der Waals surface area contributed by atoms with Gasteiger partial charge in [0.1, 0.15) is 5.82 Å². The number of rotatable bonds is 6. The minimum atomic E-state index is -0.671. The first-order valence-electron chi connectivity index (χ1n) is 6.84. The van der Waals surface area contributed by atoms with Crippen LogP contribution in [0.2, 0.25) is 5.02 Å². The molecule has 1 atom stereocenters. The Balaban J connectivity index is 1.94. The van der Waals surface area contributed by atoms with Gasteiger partial charge in [-0.1, -0.05) is 17.7 Å². The van der Waals surface area contributed by atoms with E-state index in [2.05, 4.69) is 10.3 Å². The third-order valence-corrected chi connectivity index (χ3v) is 3.44. The highest BCUT2D eigenvalue weighted by atomic mass is 35.5. The number of halogens is 2. The number of hydrogen-bond acceptors (Lipinski definition) is 3. The van der Waals surface area contributed by atoms with E-state index in [1.54, 1.807) is 6.20 Å². The predicted molar refractivity (Wildman–Crippen MR) is 82.3 cm³/mol. The maximum Gasteiger partial charge on any atom is 0.254 e. The molecule has 6 heteroatoms. The summed E-state index contributed by atoms with van der Waals surface area (Å²) in [6, 6.07) is 9.40. The van der Waals surface area contributed by atoms with E-state index >= 15 is 0 Å². The largest absolute Gasteiger partial charge is 0.396 e. The molecule has 1 aromatic carbocycles. The van der Waals surface area contributed by atoms with Crippen LogP contribution in [0.5, 0.6) is 0 Å². The summed E-state index contributed by atoms with van der Waals surface area (Å²) >= 11 is 5.65. The fraction of sp³-hybridized carbons (Fsp3) is 0.250. The van der Waals surface area contributed by atoms with E-state index in [0.29, 0.717) is 6.42 Å². The number of carbonyl (C=O) groups excluding carboxylic acids is 1. The van der Waals surface area contributed by atoms with E-state index in [-0.39, 0.29) is 29.7 Å². The Morgan fingerprint density at radius 3 is 2.82 bits per heavy atom. The number of nitrogens with zero attached hydrogens (tertiary/aromatic N) is 1. The second kappa shape index (κ2) is 7.87. The van der Waals surface area contributed by atoms with Crippen molar-refractivity contribution in [1.82, 2.24) is 10.3 Å². The van der Waals surface area contributed by atoms with E-state index in [0.717, 1.165) is 11.8 Å². The van der Waals surface area contributed by atoms with Crippen molar-refractivity contribution < 1.29 is 14.3 Å². The standard InChI is InChI=1S/C16H16ClFN2O2/c17-12-4-5-14(15(18)8-12)16(22)20-9-11(10-21)7-13-3-1-2-6-19-13/h1-6,8,11,21H,7,9-10H2,(H,20,22). The lowest BCUT2D eigenvalue weighted by Crippen LogP contribution is -2.32. The zero-order valence-electron chi connectivity index (χ0n) is 11.8. The molecule has 0 spiro atoms. The molecule has 0 saturated heterocycles. The molecule has 0 fully saturated rings. The molecule has 1 unspecified atom stereocenters. The van der Waals surface area contributed by atoms with Gasteiger partial charge in [0.2, 0.25) is 0 Å². The van der Waals surface area contributed by atoms with E-state index in [1.807, 2.05) is 18.2 Å². The Bertz CT molecular complexity index is 637. The van der Waals surface area contributed by atoms with Gasteiger partial charge in [-0.25, -0.2) is 4.39 Å². The summed E-state index contributed by atoms with van der Waals surface area (Å²) in [5.74, 6) is -1.39. The maximum absolute atomic E-state index is 13.6. The van der Waals surface area contributed by atoms with Crippen LogP contribution in [0.25, 0.3) is 0 Å². The monoisotopic (exact) mass is 322 g/mol. The number of pyridine rings is 1. The van der Waals surface area contributed by atoms with E-state index < -0.39 is 11.7 Å². The number of nitrogens with one attached hydrogen (secondary N) is 1. The van der Waals surface area contributed by atoms with E-state index in [9.17, 15) is 14.3 Å². The molecule has 1 heterocycles. The van der Waals surface area contributed by atoms with Crippen molar-refractivity contribution in [1.29, 1.82) is 0 Å². The summed E-state index contributed by atoms with van der Waals surface area (Å²) in [6.45, 7) is 0.133.